The minimum atomic E-state index is 0.198. The smallest absolute Gasteiger partial charge is 0.232 e. The fourth-order valence-corrected chi connectivity index (χ4v) is 1.20. The average molecular weight is 231 g/mol. The summed E-state index contributed by atoms with van der Waals surface area (Å²) in [5.41, 5.74) is 6.01. The molecule has 1 aromatic rings. The van der Waals surface area contributed by atoms with E-state index in [9.17, 15) is 0 Å². The lowest BCUT2D eigenvalue weighted by atomic mass is 10.4. The van der Waals surface area contributed by atoms with Crippen molar-refractivity contribution < 1.29 is 9.47 Å². The topological polar surface area (TPSA) is 57.4 Å². The summed E-state index contributed by atoms with van der Waals surface area (Å²) in [6.07, 6.45) is 1.70. The molecule has 0 spiro atoms. The van der Waals surface area contributed by atoms with Crippen molar-refractivity contribution in [3.05, 3.63) is 17.3 Å². The summed E-state index contributed by atoms with van der Waals surface area (Å²) in [5.74, 6) is 0.387. The van der Waals surface area contributed by atoms with E-state index < -0.39 is 0 Å². The minimum Gasteiger partial charge on any atom is -0.474 e. The van der Waals surface area contributed by atoms with Crippen molar-refractivity contribution in [2.75, 3.05) is 18.9 Å². The molecule has 2 N–H and O–H groups in total. The van der Waals surface area contributed by atoms with Crippen molar-refractivity contribution in [1.29, 1.82) is 0 Å². The van der Waals surface area contributed by atoms with Crippen molar-refractivity contribution in [3.8, 4) is 5.88 Å². The average Bonchev–Trinajstić information content (AvgIpc) is 2.14. The number of ether oxygens (including phenoxy) is 2. The molecule has 0 saturated carbocycles. The van der Waals surface area contributed by atoms with Gasteiger partial charge in [0.15, 0.2) is 0 Å². The molecule has 0 atom stereocenters. The van der Waals surface area contributed by atoms with Crippen LogP contribution in [0.25, 0.3) is 0 Å². The highest BCUT2D eigenvalue weighted by Gasteiger charge is 2.03. The summed E-state index contributed by atoms with van der Waals surface area (Å²) in [5, 5.41) is 0.416. The van der Waals surface area contributed by atoms with Gasteiger partial charge >= 0.3 is 0 Å². The molecule has 1 aromatic heterocycles. The standard InChI is InChI=1S/C10H15ClN2O2/c1-7(2)14-3-4-15-10-9(11)5-8(12)6-13-10/h5-7H,3-4,12H2,1-2H3. The maximum atomic E-state index is 5.86. The van der Waals surface area contributed by atoms with Gasteiger partial charge in [0.2, 0.25) is 5.88 Å². The highest BCUT2D eigenvalue weighted by atomic mass is 35.5. The zero-order valence-electron chi connectivity index (χ0n) is 8.87. The molecule has 5 heteroatoms. The van der Waals surface area contributed by atoms with Crippen LogP contribution in [0.1, 0.15) is 13.8 Å². The maximum Gasteiger partial charge on any atom is 0.232 e. The van der Waals surface area contributed by atoms with E-state index in [4.69, 9.17) is 26.8 Å². The van der Waals surface area contributed by atoms with E-state index in [-0.39, 0.29) is 6.10 Å². The van der Waals surface area contributed by atoms with Crippen molar-refractivity contribution in [1.82, 2.24) is 4.98 Å². The molecule has 0 radical (unpaired) electrons. The Balaban J connectivity index is 2.37. The van der Waals surface area contributed by atoms with E-state index in [1.165, 1.54) is 6.20 Å². The van der Waals surface area contributed by atoms with Gasteiger partial charge in [-0.2, -0.15) is 0 Å². The summed E-state index contributed by atoms with van der Waals surface area (Å²) in [7, 11) is 0. The van der Waals surface area contributed by atoms with Crippen LogP contribution in [0.4, 0.5) is 5.69 Å². The molecule has 1 rings (SSSR count). The number of nitrogens with zero attached hydrogens (tertiary/aromatic N) is 1. The van der Waals surface area contributed by atoms with Crippen LogP contribution in [0.15, 0.2) is 12.3 Å². The Labute approximate surface area is 94.3 Å². The first-order valence-electron chi connectivity index (χ1n) is 4.75. The molecule has 0 unspecified atom stereocenters. The number of halogens is 1. The Kier molecular flexibility index (Phi) is 4.65. The van der Waals surface area contributed by atoms with Crippen molar-refractivity contribution in [3.63, 3.8) is 0 Å². The SMILES string of the molecule is CC(C)OCCOc1ncc(N)cc1Cl. The molecule has 15 heavy (non-hydrogen) atoms. The van der Waals surface area contributed by atoms with Gasteiger partial charge in [0.25, 0.3) is 0 Å². The normalized spacial score (nSPS) is 10.7. The molecule has 0 amide bonds. The van der Waals surface area contributed by atoms with Gasteiger partial charge in [-0.1, -0.05) is 11.6 Å². The van der Waals surface area contributed by atoms with E-state index in [2.05, 4.69) is 4.98 Å². The molecule has 0 fully saturated rings. The van der Waals surface area contributed by atoms with Crippen LogP contribution in [0.2, 0.25) is 5.02 Å². The molecular weight excluding hydrogens is 216 g/mol. The second-order valence-electron chi connectivity index (χ2n) is 3.32. The highest BCUT2D eigenvalue weighted by molar-refractivity contribution is 6.32. The fraction of sp³-hybridized carbons (Fsp3) is 0.500. The van der Waals surface area contributed by atoms with Gasteiger partial charge in [-0.15, -0.1) is 0 Å². The molecule has 1 heterocycles. The summed E-state index contributed by atoms with van der Waals surface area (Å²) in [4.78, 5) is 3.96. The largest absolute Gasteiger partial charge is 0.474 e. The molecule has 0 bridgehead atoms. The highest BCUT2D eigenvalue weighted by Crippen LogP contribution is 2.22. The molecule has 4 nitrogen and oxygen atoms in total. The third-order valence-electron chi connectivity index (χ3n) is 1.60. The van der Waals surface area contributed by atoms with Gasteiger partial charge in [-0.3, -0.25) is 0 Å². The van der Waals surface area contributed by atoms with Gasteiger partial charge in [0, 0.05) is 0 Å². The molecular formula is C10H15ClN2O2. The predicted octanol–water partition coefficient (Wildman–Crippen LogP) is 2.12. The molecule has 0 aliphatic rings. The van der Waals surface area contributed by atoms with Crippen LogP contribution in [0.5, 0.6) is 5.88 Å². The Morgan fingerprint density at radius 3 is 2.80 bits per heavy atom. The second kappa shape index (κ2) is 5.78. The number of anilines is 1. The lowest BCUT2D eigenvalue weighted by Crippen LogP contribution is -2.12. The third kappa shape index (κ3) is 4.36. The van der Waals surface area contributed by atoms with Crippen LogP contribution in [-0.2, 0) is 4.74 Å². The maximum absolute atomic E-state index is 5.86. The summed E-state index contributed by atoms with van der Waals surface area (Å²) >= 11 is 5.86. The van der Waals surface area contributed by atoms with E-state index in [1.54, 1.807) is 6.07 Å². The predicted molar refractivity (Wildman–Crippen MR) is 60.2 cm³/mol. The Morgan fingerprint density at radius 1 is 1.47 bits per heavy atom. The van der Waals surface area contributed by atoms with E-state index in [0.29, 0.717) is 29.8 Å². The fourth-order valence-electron chi connectivity index (χ4n) is 0.969. The quantitative estimate of drug-likeness (QED) is 0.788. The van der Waals surface area contributed by atoms with Crippen LogP contribution >= 0.6 is 11.6 Å². The Morgan fingerprint density at radius 2 is 2.20 bits per heavy atom. The second-order valence-corrected chi connectivity index (χ2v) is 3.73. The molecule has 0 saturated heterocycles. The van der Waals surface area contributed by atoms with Gasteiger partial charge in [-0.05, 0) is 19.9 Å². The Bertz CT molecular complexity index is 318. The zero-order valence-corrected chi connectivity index (χ0v) is 9.62. The van der Waals surface area contributed by atoms with Gasteiger partial charge in [0.1, 0.15) is 11.6 Å². The lowest BCUT2D eigenvalue weighted by molar-refractivity contribution is 0.0543. The third-order valence-corrected chi connectivity index (χ3v) is 1.87. The van der Waals surface area contributed by atoms with Crippen molar-refractivity contribution in [2.45, 2.75) is 20.0 Å². The summed E-state index contributed by atoms with van der Waals surface area (Å²) in [6, 6.07) is 1.60. The van der Waals surface area contributed by atoms with Crippen molar-refractivity contribution in [2.24, 2.45) is 0 Å². The van der Waals surface area contributed by atoms with Crippen LogP contribution in [-0.4, -0.2) is 24.3 Å². The number of pyridine rings is 1. The van der Waals surface area contributed by atoms with Crippen LogP contribution in [0, 0.1) is 0 Å². The lowest BCUT2D eigenvalue weighted by Gasteiger charge is -2.09. The summed E-state index contributed by atoms with van der Waals surface area (Å²) < 4.78 is 10.6. The number of rotatable bonds is 5. The monoisotopic (exact) mass is 230 g/mol. The number of hydrogen-bond acceptors (Lipinski definition) is 4. The number of aromatic nitrogens is 1. The Hall–Kier alpha value is -1.00. The van der Waals surface area contributed by atoms with E-state index in [0.717, 1.165) is 0 Å². The first-order chi connectivity index (χ1) is 7.09. The number of nitrogen functional groups attached to an aromatic ring is 1. The first-order valence-corrected chi connectivity index (χ1v) is 5.13. The zero-order chi connectivity index (χ0) is 11.3. The van der Waals surface area contributed by atoms with Crippen molar-refractivity contribution >= 4 is 17.3 Å². The van der Waals surface area contributed by atoms with Gasteiger partial charge in [0.05, 0.1) is 24.6 Å². The van der Waals surface area contributed by atoms with E-state index >= 15 is 0 Å². The number of nitrogens with two attached hydrogens (primary N) is 1. The van der Waals surface area contributed by atoms with Gasteiger partial charge in [-0.25, -0.2) is 4.98 Å². The molecule has 0 aromatic carbocycles. The summed E-state index contributed by atoms with van der Waals surface area (Å²) in [6.45, 7) is 4.87. The van der Waals surface area contributed by atoms with Crippen LogP contribution < -0.4 is 10.5 Å². The van der Waals surface area contributed by atoms with E-state index in [1.807, 2.05) is 13.8 Å². The molecule has 84 valence electrons. The molecule has 0 aliphatic carbocycles. The molecule has 0 aliphatic heterocycles. The number of hydrogen-bond donors (Lipinski definition) is 1. The first kappa shape index (κ1) is 12.1. The van der Waals surface area contributed by atoms with Gasteiger partial charge < -0.3 is 15.2 Å². The van der Waals surface area contributed by atoms with Crippen LogP contribution in [0.3, 0.4) is 0 Å². The minimum absolute atomic E-state index is 0.198.